The van der Waals surface area contributed by atoms with E-state index in [1.54, 1.807) is 6.08 Å². The second-order valence-corrected chi connectivity index (χ2v) is 21.5. The van der Waals surface area contributed by atoms with Crippen LogP contribution in [0.3, 0.4) is 0 Å². The molecule has 76 heavy (non-hydrogen) atoms. The molecule has 0 aliphatic carbocycles. The molecule has 0 aromatic heterocycles. The minimum Gasteiger partial charge on any atom is -0.394 e. The van der Waals surface area contributed by atoms with E-state index in [1.165, 1.54) is 122 Å². The molecule has 0 aromatic rings. The number of carbonyl (C=O) groups is 1. The Morgan fingerprint density at radius 2 is 0.829 bits per heavy atom. The maximum absolute atomic E-state index is 13.3. The first kappa shape index (κ1) is 68.5. The van der Waals surface area contributed by atoms with Crippen molar-refractivity contribution in [2.75, 3.05) is 26.4 Å². The maximum Gasteiger partial charge on any atom is 0.220 e. The van der Waals surface area contributed by atoms with Crippen molar-refractivity contribution >= 4 is 5.91 Å². The Morgan fingerprint density at radius 3 is 1.28 bits per heavy atom. The van der Waals surface area contributed by atoms with Crippen LogP contribution in [0.5, 0.6) is 0 Å². The summed E-state index contributed by atoms with van der Waals surface area (Å²) in [6.45, 7) is 1.70. The second-order valence-electron chi connectivity index (χ2n) is 21.5. The van der Waals surface area contributed by atoms with E-state index in [2.05, 4.69) is 31.3 Å². The highest BCUT2D eigenvalue weighted by molar-refractivity contribution is 5.76. The number of hydrogen-bond acceptors (Lipinski definition) is 18. The van der Waals surface area contributed by atoms with E-state index >= 15 is 0 Å². The fraction of sp³-hybridized carbons (Fsp3) is 0.912. The van der Waals surface area contributed by atoms with Crippen LogP contribution in [0.4, 0.5) is 0 Å². The van der Waals surface area contributed by atoms with Crippen molar-refractivity contribution in [2.45, 2.75) is 304 Å². The van der Waals surface area contributed by atoms with Crippen LogP contribution >= 0.6 is 0 Å². The molecule has 1 amide bonds. The molecule has 3 fully saturated rings. The number of ether oxygens (including phenoxy) is 6. The molecule has 19 nitrogen and oxygen atoms in total. The Balaban J connectivity index is 1.50. The molecule has 17 unspecified atom stereocenters. The first-order valence-electron chi connectivity index (χ1n) is 29.6. The molecule has 3 heterocycles. The van der Waals surface area contributed by atoms with Crippen molar-refractivity contribution in [2.24, 2.45) is 0 Å². The van der Waals surface area contributed by atoms with E-state index in [9.17, 15) is 61.0 Å². The van der Waals surface area contributed by atoms with E-state index in [4.69, 9.17) is 28.4 Å². The van der Waals surface area contributed by atoms with Gasteiger partial charge < -0.3 is 89.9 Å². The number of aliphatic hydroxyl groups excluding tert-OH is 11. The Morgan fingerprint density at radius 1 is 0.461 bits per heavy atom. The fourth-order valence-electron chi connectivity index (χ4n) is 10.1. The van der Waals surface area contributed by atoms with Gasteiger partial charge in [0.25, 0.3) is 0 Å². The van der Waals surface area contributed by atoms with Gasteiger partial charge in [0, 0.05) is 6.42 Å². The Kier molecular flexibility index (Phi) is 37.2. The molecular formula is C57H105NO18. The summed E-state index contributed by atoms with van der Waals surface area (Å²) in [7, 11) is 0. The number of amides is 1. The largest absolute Gasteiger partial charge is 0.394 e. The predicted molar refractivity (Wildman–Crippen MR) is 286 cm³/mol. The summed E-state index contributed by atoms with van der Waals surface area (Å²) in [6.07, 6.45) is 14.5. The van der Waals surface area contributed by atoms with Crippen molar-refractivity contribution in [3.8, 4) is 0 Å². The smallest absolute Gasteiger partial charge is 0.220 e. The lowest BCUT2D eigenvalue weighted by Crippen LogP contribution is -2.66. The average molecular weight is 1090 g/mol. The molecule has 12 N–H and O–H groups in total. The summed E-state index contributed by atoms with van der Waals surface area (Å²) in [5, 5.41) is 120. The highest BCUT2D eigenvalue weighted by Crippen LogP contribution is 2.33. The molecule has 3 saturated heterocycles. The number of nitrogens with one attached hydrogen (secondary N) is 1. The van der Waals surface area contributed by atoms with E-state index in [0.717, 1.165) is 51.4 Å². The van der Waals surface area contributed by atoms with Gasteiger partial charge in [0.1, 0.15) is 73.2 Å². The van der Waals surface area contributed by atoms with Crippen molar-refractivity contribution < 1.29 is 89.4 Å². The Hall–Kier alpha value is -1.73. The lowest BCUT2D eigenvalue weighted by Gasteiger charge is -2.48. The molecule has 3 aliphatic rings. The highest BCUT2D eigenvalue weighted by Gasteiger charge is 2.53. The molecule has 17 atom stereocenters. The monoisotopic (exact) mass is 1090 g/mol. The van der Waals surface area contributed by atoms with Gasteiger partial charge in [-0.25, -0.2) is 0 Å². The van der Waals surface area contributed by atoms with Crippen LogP contribution in [0.1, 0.15) is 200 Å². The minimum absolute atomic E-state index is 0.242. The lowest BCUT2D eigenvalue weighted by molar-refractivity contribution is -0.379. The van der Waals surface area contributed by atoms with Gasteiger partial charge in [-0.1, -0.05) is 173 Å². The first-order chi connectivity index (χ1) is 36.8. The SMILES string of the molecule is CCCCCCCC/C=C\CCCCCCCCCCCC(=O)NC(COC1OC(CO)C(OC2OC(CO)C(OC3OC(CO)C(O)C(O)C3O)C(O)C2O)C(O)C1O)C(O)/C=C/CCCCCCCCCCCC. The average Bonchev–Trinajstić information content (AvgIpc) is 3.42. The van der Waals surface area contributed by atoms with Gasteiger partial charge in [-0.05, 0) is 44.9 Å². The number of aliphatic hydroxyl groups is 11. The molecule has 0 aromatic carbocycles. The number of unbranched alkanes of at least 4 members (excludes halogenated alkanes) is 25. The van der Waals surface area contributed by atoms with Gasteiger partial charge in [-0.2, -0.15) is 0 Å². The highest BCUT2D eigenvalue weighted by atomic mass is 16.8. The number of carbonyl (C=O) groups excluding carboxylic acids is 1. The van der Waals surface area contributed by atoms with E-state index in [0.29, 0.717) is 6.42 Å². The van der Waals surface area contributed by atoms with Crippen molar-refractivity contribution in [1.29, 1.82) is 0 Å². The number of rotatable bonds is 43. The summed E-state index contributed by atoms with van der Waals surface area (Å²) in [5.74, 6) is -0.279. The van der Waals surface area contributed by atoms with Crippen LogP contribution in [0.15, 0.2) is 24.3 Å². The molecular weight excluding hydrogens is 987 g/mol. The first-order valence-corrected chi connectivity index (χ1v) is 29.6. The zero-order valence-corrected chi connectivity index (χ0v) is 46.2. The summed E-state index contributed by atoms with van der Waals surface area (Å²) in [6, 6.07) is -0.970. The lowest BCUT2D eigenvalue weighted by atomic mass is 9.96. The molecule has 446 valence electrons. The molecule has 19 heteroatoms. The second kappa shape index (κ2) is 41.3. The van der Waals surface area contributed by atoms with Crippen LogP contribution in [0.2, 0.25) is 0 Å². The summed E-state index contributed by atoms with van der Waals surface area (Å²) in [5.41, 5.74) is 0. The number of hydrogen-bond donors (Lipinski definition) is 12. The predicted octanol–water partition coefficient (Wildman–Crippen LogP) is 4.76. The van der Waals surface area contributed by atoms with Gasteiger partial charge in [-0.3, -0.25) is 4.79 Å². The van der Waals surface area contributed by atoms with Gasteiger partial charge in [-0.15, -0.1) is 0 Å². The van der Waals surface area contributed by atoms with Gasteiger partial charge in [0.2, 0.25) is 5.91 Å². The third kappa shape index (κ3) is 25.4. The maximum atomic E-state index is 13.3. The normalized spacial score (nSPS) is 31.1. The summed E-state index contributed by atoms with van der Waals surface area (Å²) >= 11 is 0. The van der Waals surface area contributed by atoms with Gasteiger partial charge in [0.15, 0.2) is 18.9 Å². The molecule has 0 saturated carbocycles. The zero-order chi connectivity index (χ0) is 55.5. The number of allylic oxidation sites excluding steroid dienone is 3. The molecule has 3 rings (SSSR count). The van der Waals surface area contributed by atoms with E-state index in [1.807, 2.05) is 6.08 Å². The molecule has 0 radical (unpaired) electrons. The summed E-state index contributed by atoms with van der Waals surface area (Å²) < 4.78 is 34.2. The standard InChI is InChI=1S/C57H105NO18/c1-3-5-7-9-11-13-15-17-18-19-20-21-22-23-25-27-29-31-33-35-45(63)58-40(41(62)34-32-30-28-26-24-16-14-12-10-8-6-4-2)39-71-55-51(69)48(66)53(43(37-60)73-55)76-57-52(70)49(67)54(44(38-61)74-57)75-56-50(68)47(65)46(64)42(36-59)72-56/h17-18,32,34,40-44,46-57,59-62,64-70H,3-16,19-31,33,35-39H2,1-2H3,(H,58,63)/b18-17-,34-32+. The van der Waals surface area contributed by atoms with Crippen molar-refractivity contribution in [1.82, 2.24) is 5.32 Å². The molecule has 0 spiro atoms. The molecule has 0 bridgehead atoms. The molecule has 3 aliphatic heterocycles. The van der Waals surface area contributed by atoms with Crippen LogP contribution in [-0.2, 0) is 33.2 Å². The van der Waals surface area contributed by atoms with Crippen LogP contribution < -0.4 is 5.32 Å². The van der Waals surface area contributed by atoms with Gasteiger partial charge >= 0.3 is 0 Å². The van der Waals surface area contributed by atoms with E-state index < -0.39 is 124 Å². The van der Waals surface area contributed by atoms with Crippen LogP contribution in [-0.4, -0.2) is 193 Å². The van der Waals surface area contributed by atoms with Gasteiger partial charge in [0.05, 0.1) is 38.6 Å². The fourth-order valence-corrected chi connectivity index (χ4v) is 10.1. The van der Waals surface area contributed by atoms with Crippen molar-refractivity contribution in [3.05, 3.63) is 24.3 Å². The van der Waals surface area contributed by atoms with Crippen molar-refractivity contribution in [3.63, 3.8) is 0 Å². The topological polar surface area (TPSA) is 307 Å². The van der Waals surface area contributed by atoms with E-state index in [-0.39, 0.29) is 18.9 Å². The minimum atomic E-state index is -1.98. The Labute approximate surface area is 454 Å². The quantitative estimate of drug-likeness (QED) is 0.0289. The zero-order valence-electron chi connectivity index (χ0n) is 46.2. The Bertz CT molecular complexity index is 1490. The van der Waals surface area contributed by atoms with Crippen LogP contribution in [0.25, 0.3) is 0 Å². The summed E-state index contributed by atoms with van der Waals surface area (Å²) in [4.78, 5) is 13.3. The van der Waals surface area contributed by atoms with Crippen LogP contribution in [0, 0.1) is 0 Å². The third-order valence-corrected chi connectivity index (χ3v) is 15.0. The third-order valence-electron chi connectivity index (χ3n) is 15.0.